The van der Waals surface area contributed by atoms with Gasteiger partial charge in [-0.05, 0) is 30.5 Å². The van der Waals surface area contributed by atoms with Gasteiger partial charge in [-0.2, -0.15) is 0 Å². The molecule has 3 atom stereocenters. The van der Waals surface area contributed by atoms with E-state index in [0.717, 1.165) is 10.0 Å². The van der Waals surface area contributed by atoms with Gasteiger partial charge >= 0.3 is 0 Å². The van der Waals surface area contributed by atoms with E-state index in [2.05, 4.69) is 20.9 Å². The highest BCUT2D eigenvalue weighted by atomic mass is 79.9. The number of aliphatic imine (C=N–C) groups is 1. The van der Waals surface area contributed by atoms with Crippen molar-refractivity contribution in [3.63, 3.8) is 0 Å². The van der Waals surface area contributed by atoms with Gasteiger partial charge in [0.15, 0.2) is 0 Å². The normalized spacial score (nSPS) is 31.3. The number of halogens is 3. The molecular weight excluding hydrogens is 330 g/mol. The first-order chi connectivity index (χ1) is 9.51. The summed E-state index contributed by atoms with van der Waals surface area (Å²) in [7, 11) is 0. The third-order valence-electron chi connectivity index (χ3n) is 4.11. The minimum Gasteiger partial charge on any atom is -0.462 e. The van der Waals surface area contributed by atoms with E-state index >= 15 is 0 Å². The van der Waals surface area contributed by atoms with Crippen LogP contribution in [0.3, 0.4) is 0 Å². The predicted molar refractivity (Wildman–Crippen MR) is 75.7 cm³/mol. The Bertz CT molecular complexity index is 593. The van der Waals surface area contributed by atoms with Crippen LogP contribution in [-0.4, -0.2) is 18.8 Å². The number of amidine groups is 1. The van der Waals surface area contributed by atoms with Crippen molar-refractivity contribution < 1.29 is 13.5 Å². The van der Waals surface area contributed by atoms with Gasteiger partial charge in [-0.3, -0.25) is 0 Å². The fourth-order valence-corrected chi connectivity index (χ4v) is 3.54. The number of hydrogen-bond acceptors (Lipinski definition) is 3. The number of nitrogens with zero attached hydrogens (tertiary/aromatic N) is 1. The minimum atomic E-state index is -1.24. The summed E-state index contributed by atoms with van der Waals surface area (Å²) in [6.07, 6.45) is 1.20. The lowest BCUT2D eigenvalue weighted by Crippen LogP contribution is -2.39. The van der Waals surface area contributed by atoms with Gasteiger partial charge in [-0.1, -0.05) is 22.9 Å². The zero-order chi connectivity index (χ0) is 14.5. The molecule has 3 rings (SSSR count). The van der Waals surface area contributed by atoms with E-state index in [-0.39, 0.29) is 23.6 Å². The summed E-state index contributed by atoms with van der Waals surface area (Å²) < 4.78 is 34.2. The van der Waals surface area contributed by atoms with Gasteiger partial charge in [0, 0.05) is 16.0 Å². The molecule has 2 aliphatic rings. The van der Waals surface area contributed by atoms with Crippen molar-refractivity contribution in [3.8, 4) is 0 Å². The summed E-state index contributed by atoms with van der Waals surface area (Å²) in [5.74, 6) is -0.583. The second-order valence-corrected chi connectivity index (χ2v) is 6.14. The Balaban J connectivity index is 2.15. The van der Waals surface area contributed by atoms with Crippen LogP contribution >= 0.6 is 15.9 Å². The third-order valence-corrected chi connectivity index (χ3v) is 4.85. The van der Waals surface area contributed by atoms with Gasteiger partial charge < -0.3 is 10.5 Å². The van der Waals surface area contributed by atoms with Gasteiger partial charge in [-0.25, -0.2) is 13.8 Å². The molecule has 0 amide bonds. The van der Waals surface area contributed by atoms with Crippen molar-refractivity contribution in [3.05, 3.63) is 33.5 Å². The first kappa shape index (κ1) is 13.8. The Labute approximate surface area is 124 Å². The first-order valence-electron chi connectivity index (χ1n) is 6.58. The van der Waals surface area contributed by atoms with Crippen LogP contribution < -0.4 is 5.73 Å². The quantitative estimate of drug-likeness (QED) is 0.915. The lowest BCUT2D eigenvalue weighted by atomic mass is 9.85. The highest BCUT2D eigenvalue weighted by molar-refractivity contribution is 9.10. The van der Waals surface area contributed by atoms with Crippen molar-refractivity contribution in [2.75, 3.05) is 6.67 Å². The van der Waals surface area contributed by atoms with Crippen molar-refractivity contribution >= 4 is 22.0 Å². The second-order valence-electron chi connectivity index (χ2n) is 5.28. The van der Waals surface area contributed by atoms with Gasteiger partial charge in [0.1, 0.15) is 24.1 Å². The van der Waals surface area contributed by atoms with Gasteiger partial charge in [0.25, 0.3) is 6.02 Å². The Hall–Kier alpha value is -1.17. The van der Waals surface area contributed by atoms with Crippen molar-refractivity contribution in [1.29, 1.82) is 0 Å². The van der Waals surface area contributed by atoms with Crippen LogP contribution in [0, 0.1) is 11.7 Å². The topological polar surface area (TPSA) is 47.6 Å². The van der Waals surface area contributed by atoms with Crippen molar-refractivity contribution in [1.82, 2.24) is 0 Å². The molecule has 1 aromatic rings. The fourth-order valence-electron chi connectivity index (χ4n) is 2.92. The smallest absolute Gasteiger partial charge is 0.283 e. The summed E-state index contributed by atoms with van der Waals surface area (Å²) in [5, 5.41) is 0. The minimum absolute atomic E-state index is 0.0588. The first-order valence-corrected chi connectivity index (χ1v) is 7.37. The molecule has 1 aliphatic carbocycles. The lowest BCUT2D eigenvalue weighted by molar-refractivity contribution is 0.168. The molecule has 3 nitrogen and oxygen atoms in total. The summed E-state index contributed by atoms with van der Waals surface area (Å²) in [6.45, 7) is 1.15. The maximum atomic E-state index is 14.4. The van der Waals surface area contributed by atoms with Crippen LogP contribution in [0.15, 0.2) is 21.6 Å². The number of fused-ring (bicyclic) bond motifs is 1. The Kier molecular flexibility index (Phi) is 3.23. The molecule has 1 saturated carbocycles. The van der Waals surface area contributed by atoms with E-state index in [1.165, 1.54) is 6.07 Å². The van der Waals surface area contributed by atoms with Crippen LogP contribution in [0.5, 0.6) is 0 Å². The molecule has 6 heteroatoms. The molecule has 0 bridgehead atoms. The number of rotatable bonds is 3. The molecule has 0 spiro atoms. The van der Waals surface area contributed by atoms with Crippen LogP contribution in [0.4, 0.5) is 8.78 Å². The largest absolute Gasteiger partial charge is 0.462 e. The maximum Gasteiger partial charge on any atom is 0.283 e. The van der Waals surface area contributed by atoms with Crippen LogP contribution in [-0.2, 0) is 16.7 Å². The third kappa shape index (κ3) is 1.92. The number of hydrogen-bond donors (Lipinski definition) is 1. The van der Waals surface area contributed by atoms with E-state index in [4.69, 9.17) is 10.5 Å². The van der Waals surface area contributed by atoms with Gasteiger partial charge in [0.05, 0.1) is 0 Å². The molecule has 1 aromatic carbocycles. The number of benzene rings is 1. The average molecular weight is 345 g/mol. The molecule has 0 radical (unpaired) electrons. The van der Waals surface area contributed by atoms with E-state index in [9.17, 15) is 8.78 Å². The average Bonchev–Trinajstić information content (AvgIpc) is 3.19. The van der Waals surface area contributed by atoms with Gasteiger partial charge in [-0.15, -0.1) is 0 Å². The molecule has 0 aromatic heterocycles. The standard InChI is InChI=1S/C14H15BrF2N2O/c1-2-7-3-11(17)8(4-10(7)15)14(6-16)9-5-12(9)20-13(18)19-14/h3-4,9,12H,2,5-6H2,1H3,(H2,18,19)/t9-,12+,14+/m0/s1. The number of aryl methyl sites for hydroxylation is 1. The highest BCUT2D eigenvalue weighted by Crippen LogP contribution is 2.53. The van der Waals surface area contributed by atoms with E-state index < -0.39 is 18.0 Å². The summed E-state index contributed by atoms with van der Waals surface area (Å²) in [6, 6.07) is 3.01. The summed E-state index contributed by atoms with van der Waals surface area (Å²) >= 11 is 3.41. The molecule has 20 heavy (non-hydrogen) atoms. The fraction of sp³-hybridized carbons (Fsp3) is 0.500. The zero-order valence-corrected chi connectivity index (χ0v) is 12.6. The molecule has 0 saturated heterocycles. The molecule has 1 fully saturated rings. The molecule has 108 valence electrons. The second kappa shape index (κ2) is 4.69. The monoisotopic (exact) mass is 344 g/mol. The van der Waals surface area contributed by atoms with Crippen molar-refractivity contribution in [2.24, 2.45) is 16.6 Å². The lowest BCUT2D eigenvalue weighted by Gasteiger charge is -2.31. The molecule has 1 heterocycles. The number of ether oxygens (including phenoxy) is 1. The number of alkyl halides is 1. The number of nitrogens with two attached hydrogens (primary N) is 1. The zero-order valence-electron chi connectivity index (χ0n) is 11.0. The van der Waals surface area contributed by atoms with E-state index in [1.54, 1.807) is 6.07 Å². The van der Waals surface area contributed by atoms with E-state index in [0.29, 0.717) is 12.8 Å². The Morgan fingerprint density at radius 1 is 1.55 bits per heavy atom. The highest BCUT2D eigenvalue weighted by Gasteiger charge is 2.60. The predicted octanol–water partition coefficient (Wildman–Crippen LogP) is 3.05. The summed E-state index contributed by atoms with van der Waals surface area (Å²) in [4.78, 5) is 4.12. The van der Waals surface area contributed by atoms with Crippen LogP contribution in [0.25, 0.3) is 0 Å². The molecule has 0 unspecified atom stereocenters. The van der Waals surface area contributed by atoms with Crippen LogP contribution in [0.2, 0.25) is 0 Å². The SMILES string of the molecule is CCc1cc(F)c([C@@]2(CF)N=C(N)O[C@@H]3C[C@@H]32)cc1Br. The molecule has 1 aliphatic heterocycles. The van der Waals surface area contributed by atoms with Gasteiger partial charge in [0.2, 0.25) is 0 Å². The van der Waals surface area contributed by atoms with Crippen LogP contribution in [0.1, 0.15) is 24.5 Å². The Morgan fingerprint density at radius 2 is 2.30 bits per heavy atom. The van der Waals surface area contributed by atoms with Crippen molar-refractivity contribution in [2.45, 2.75) is 31.4 Å². The maximum absolute atomic E-state index is 14.4. The van der Waals surface area contributed by atoms with E-state index in [1.807, 2.05) is 6.92 Å². The molecule has 2 N–H and O–H groups in total. The molecular formula is C14H15BrF2N2O. The summed E-state index contributed by atoms with van der Waals surface area (Å²) in [5.41, 5.74) is 5.46. The Morgan fingerprint density at radius 3 is 2.95 bits per heavy atom.